The fraction of sp³-hybridized carbons (Fsp3) is 0.333. The number of aryl methyl sites for hydroxylation is 1. The van der Waals surface area contributed by atoms with Crippen LogP contribution in [-0.2, 0) is 7.05 Å². The first-order chi connectivity index (χ1) is 7.68. The van der Waals surface area contributed by atoms with Crippen LogP contribution in [0, 0.1) is 0 Å². The van der Waals surface area contributed by atoms with Crippen molar-refractivity contribution in [1.82, 2.24) is 30.5 Å². The fourth-order valence-corrected chi connectivity index (χ4v) is 1.39. The van der Waals surface area contributed by atoms with Gasteiger partial charge in [-0.2, -0.15) is 5.21 Å². The van der Waals surface area contributed by atoms with E-state index in [1.165, 1.54) is 0 Å². The van der Waals surface area contributed by atoms with Crippen molar-refractivity contribution in [2.45, 2.75) is 13.0 Å². The minimum absolute atomic E-state index is 0.162. The summed E-state index contributed by atoms with van der Waals surface area (Å²) in [6, 6.07) is 3.29. The lowest BCUT2D eigenvalue weighted by Crippen LogP contribution is -2.28. The Morgan fingerprint density at radius 2 is 2.44 bits per heavy atom. The van der Waals surface area contributed by atoms with Crippen LogP contribution in [0.2, 0.25) is 0 Å². The molecule has 2 N–H and O–H groups in total. The van der Waals surface area contributed by atoms with Crippen molar-refractivity contribution in [1.29, 1.82) is 0 Å². The first kappa shape index (κ1) is 10.3. The van der Waals surface area contributed by atoms with Gasteiger partial charge >= 0.3 is 0 Å². The molecule has 0 saturated carbocycles. The predicted molar refractivity (Wildman–Crippen MR) is 55.5 cm³/mol. The Labute approximate surface area is 91.9 Å². The van der Waals surface area contributed by atoms with Crippen LogP contribution in [0.3, 0.4) is 0 Å². The molecular weight excluding hydrogens is 208 g/mol. The molecule has 7 nitrogen and oxygen atoms in total. The smallest absolute Gasteiger partial charge is 0.268 e. The van der Waals surface area contributed by atoms with Crippen molar-refractivity contribution in [3.63, 3.8) is 0 Å². The molecule has 2 rings (SSSR count). The number of carbonyl (C=O) groups is 1. The molecule has 0 saturated heterocycles. The first-order valence-electron chi connectivity index (χ1n) is 4.84. The van der Waals surface area contributed by atoms with Gasteiger partial charge in [-0.05, 0) is 19.1 Å². The summed E-state index contributed by atoms with van der Waals surface area (Å²) in [6.07, 6.45) is 1.81. The maximum atomic E-state index is 11.8. The third kappa shape index (κ3) is 1.92. The maximum Gasteiger partial charge on any atom is 0.268 e. The van der Waals surface area contributed by atoms with Gasteiger partial charge in [0.2, 0.25) is 0 Å². The Hall–Kier alpha value is -2.18. The molecule has 7 heteroatoms. The van der Waals surface area contributed by atoms with E-state index in [0.717, 1.165) is 0 Å². The summed E-state index contributed by atoms with van der Waals surface area (Å²) in [6.45, 7) is 1.80. The summed E-state index contributed by atoms with van der Waals surface area (Å²) in [7, 11) is 1.81. The van der Waals surface area contributed by atoms with Crippen molar-refractivity contribution >= 4 is 5.91 Å². The molecule has 16 heavy (non-hydrogen) atoms. The van der Waals surface area contributed by atoms with Gasteiger partial charge in [-0.15, -0.1) is 10.2 Å². The Kier molecular flexibility index (Phi) is 2.67. The number of carbonyl (C=O) groups excluding carboxylic acids is 1. The topological polar surface area (TPSA) is 88.5 Å². The van der Waals surface area contributed by atoms with Gasteiger partial charge in [0.1, 0.15) is 5.69 Å². The third-order valence-electron chi connectivity index (χ3n) is 2.27. The van der Waals surface area contributed by atoms with Crippen molar-refractivity contribution in [2.24, 2.45) is 7.05 Å². The summed E-state index contributed by atoms with van der Waals surface area (Å²) in [5, 5.41) is 16.2. The van der Waals surface area contributed by atoms with E-state index in [9.17, 15) is 4.79 Å². The van der Waals surface area contributed by atoms with Gasteiger partial charge in [0.05, 0.1) is 6.04 Å². The van der Waals surface area contributed by atoms with Crippen LogP contribution in [0.25, 0.3) is 0 Å². The van der Waals surface area contributed by atoms with Gasteiger partial charge in [0.25, 0.3) is 5.91 Å². The van der Waals surface area contributed by atoms with E-state index in [4.69, 9.17) is 0 Å². The SMILES string of the molecule is CC(NC(=O)c1cccn1C)c1nn[nH]n1. The van der Waals surface area contributed by atoms with E-state index in [0.29, 0.717) is 11.5 Å². The average molecular weight is 220 g/mol. The van der Waals surface area contributed by atoms with Crippen LogP contribution >= 0.6 is 0 Å². The van der Waals surface area contributed by atoms with Crippen LogP contribution < -0.4 is 5.32 Å². The summed E-state index contributed by atoms with van der Waals surface area (Å²) >= 11 is 0. The highest BCUT2D eigenvalue weighted by Crippen LogP contribution is 2.06. The second-order valence-corrected chi connectivity index (χ2v) is 3.47. The number of aromatic nitrogens is 5. The number of tetrazole rings is 1. The summed E-state index contributed by atoms with van der Waals surface area (Å²) in [5.41, 5.74) is 0.593. The van der Waals surface area contributed by atoms with Crippen LogP contribution in [0.5, 0.6) is 0 Å². The number of hydrogen-bond acceptors (Lipinski definition) is 4. The number of aromatic amines is 1. The molecule has 0 aliphatic heterocycles. The van der Waals surface area contributed by atoms with Crippen LogP contribution in [0.1, 0.15) is 29.3 Å². The molecule has 2 heterocycles. The van der Waals surface area contributed by atoms with Crippen LogP contribution in [-0.4, -0.2) is 31.1 Å². The van der Waals surface area contributed by atoms with E-state index < -0.39 is 0 Å². The molecule has 1 amide bonds. The molecule has 2 aromatic heterocycles. The van der Waals surface area contributed by atoms with Crippen molar-refractivity contribution < 1.29 is 4.79 Å². The second-order valence-electron chi connectivity index (χ2n) is 3.47. The molecule has 0 fully saturated rings. The number of nitrogens with one attached hydrogen (secondary N) is 2. The Morgan fingerprint density at radius 1 is 1.62 bits per heavy atom. The quantitative estimate of drug-likeness (QED) is 0.763. The van der Waals surface area contributed by atoms with Crippen molar-refractivity contribution in [3.8, 4) is 0 Å². The summed E-state index contributed by atoms with van der Waals surface area (Å²) in [5.74, 6) is 0.298. The van der Waals surface area contributed by atoms with E-state index in [1.807, 2.05) is 19.3 Å². The van der Waals surface area contributed by atoms with E-state index in [1.54, 1.807) is 17.6 Å². The number of hydrogen-bond donors (Lipinski definition) is 2. The Morgan fingerprint density at radius 3 is 3.00 bits per heavy atom. The monoisotopic (exact) mass is 220 g/mol. The number of amides is 1. The summed E-state index contributed by atoms with van der Waals surface area (Å²) in [4.78, 5) is 11.8. The zero-order valence-corrected chi connectivity index (χ0v) is 9.01. The number of H-pyrrole nitrogens is 1. The lowest BCUT2D eigenvalue weighted by molar-refractivity contribution is 0.0930. The molecule has 84 valence electrons. The lowest BCUT2D eigenvalue weighted by Gasteiger charge is -2.10. The average Bonchev–Trinajstić information content (AvgIpc) is 2.86. The minimum atomic E-state index is -0.277. The van der Waals surface area contributed by atoms with Crippen molar-refractivity contribution in [2.75, 3.05) is 0 Å². The highest BCUT2D eigenvalue weighted by Gasteiger charge is 2.15. The largest absolute Gasteiger partial charge is 0.347 e. The van der Waals surface area contributed by atoms with Gasteiger partial charge in [-0.1, -0.05) is 5.21 Å². The molecule has 0 bridgehead atoms. The zero-order chi connectivity index (χ0) is 11.5. The maximum absolute atomic E-state index is 11.8. The van der Waals surface area contributed by atoms with E-state index in [-0.39, 0.29) is 11.9 Å². The number of nitrogens with zero attached hydrogens (tertiary/aromatic N) is 4. The first-order valence-corrected chi connectivity index (χ1v) is 4.84. The van der Waals surface area contributed by atoms with Crippen molar-refractivity contribution in [3.05, 3.63) is 29.8 Å². The zero-order valence-electron chi connectivity index (χ0n) is 9.01. The molecule has 0 aromatic carbocycles. The highest BCUT2D eigenvalue weighted by molar-refractivity contribution is 5.92. The molecule has 1 unspecified atom stereocenters. The standard InChI is InChI=1S/C9H12N6O/c1-6(8-11-13-14-12-8)10-9(16)7-4-3-5-15(7)2/h3-6H,1-2H3,(H,10,16)(H,11,12,13,14). The molecule has 1 atom stereocenters. The van der Waals surface area contributed by atoms with E-state index in [2.05, 4.69) is 25.9 Å². The molecule has 0 aliphatic carbocycles. The van der Waals surface area contributed by atoms with Crippen LogP contribution in [0.4, 0.5) is 0 Å². The third-order valence-corrected chi connectivity index (χ3v) is 2.27. The predicted octanol–water partition coefficient (Wildman–Crippen LogP) is 0.0292. The normalized spacial score (nSPS) is 12.4. The fourth-order valence-electron chi connectivity index (χ4n) is 1.39. The van der Waals surface area contributed by atoms with Gasteiger partial charge in [-0.25, -0.2) is 0 Å². The summed E-state index contributed by atoms with van der Waals surface area (Å²) < 4.78 is 1.75. The molecular formula is C9H12N6O. The van der Waals surface area contributed by atoms with Gasteiger partial charge in [0.15, 0.2) is 5.82 Å². The Balaban J connectivity index is 2.06. The van der Waals surface area contributed by atoms with E-state index >= 15 is 0 Å². The second kappa shape index (κ2) is 4.13. The molecule has 0 aliphatic rings. The Bertz CT molecular complexity index is 474. The van der Waals surface area contributed by atoms with Gasteiger partial charge in [0, 0.05) is 13.2 Å². The molecule has 0 radical (unpaired) electrons. The van der Waals surface area contributed by atoms with Crippen LogP contribution in [0.15, 0.2) is 18.3 Å². The molecule has 2 aromatic rings. The number of rotatable bonds is 3. The van der Waals surface area contributed by atoms with Gasteiger partial charge in [-0.3, -0.25) is 4.79 Å². The highest BCUT2D eigenvalue weighted by atomic mass is 16.2. The lowest BCUT2D eigenvalue weighted by atomic mass is 10.3. The minimum Gasteiger partial charge on any atom is -0.347 e. The van der Waals surface area contributed by atoms with Gasteiger partial charge < -0.3 is 9.88 Å². The molecule has 0 spiro atoms.